The van der Waals surface area contributed by atoms with Gasteiger partial charge in [-0.25, -0.2) is 4.98 Å². The van der Waals surface area contributed by atoms with Crippen LogP contribution in [0.1, 0.15) is 19.3 Å². The van der Waals surface area contributed by atoms with Crippen molar-refractivity contribution in [3.8, 4) is 0 Å². The van der Waals surface area contributed by atoms with Crippen LogP contribution in [0.3, 0.4) is 0 Å². The Bertz CT molecular complexity index is 528. The van der Waals surface area contributed by atoms with Crippen molar-refractivity contribution in [2.24, 2.45) is 5.92 Å². The van der Waals surface area contributed by atoms with Crippen LogP contribution < -0.4 is 4.90 Å². The lowest BCUT2D eigenvalue weighted by molar-refractivity contribution is -0.146. The molecule has 8 heteroatoms. The van der Waals surface area contributed by atoms with E-state index in [-0.39, 0.29) is 18.4 Å². The monoisotopic (exact) mass is 349 g/mol. The minimum absolute atomic E-state index is 0.210. The molecule has 0 aliphatic carbocycles. The number of halogens is 4. The molecule has 1 aromatic rings. The standard InChI is InChI=1S/C15H19ClF3N3O/c1-21(9-6-15(17,18)19)14(23)11-4-7-22(8-5-11)13-3-2-12(16)10-20-13/h2-3,10-11H,4-9H2,1H3. The molecule has 0 radical (unpaired) electrons. The molecule has 2 heterocycles. The number of piperidine rings is 1. The minimum atomic E-state index is -4.24. The number of aromatic nitrogens is 1. The maximum Gasteiger partial charge on any atom is 0.390 e. The lowest BCUT2D eigenvalue weighted by Crippen LogP contribution is -2.42. The highest BCUT2D eigenvalue weighted by atomic mass is 35.5. The zero-order valence-corrected chi connectivity index (χ0v) is 13.6. The summed E-state index contributed by atoms with van der Waals surface area (Å²) in [5.41, 5.74) is 0. The topological polar surface area (TPSA) is 36.4 Å². The Hall–Kier alpha value is -1.50. The van der Waals surface area contributed by atoms with Crippen LogP contribution in [-0.2, 0) is 4.79 Å². The SMILES string of the molecule is CN(CCC(F)(F)F)C(=O)C1CCN(c2ccc(Cl)cn2)CC1. The number of carbonyl (C=O) groups excluding carboxylic acids is 1. The third kappa shape index (κ3) is 5.27. The van der Waals surface area contributed by atoms with Gasteiger partial charge in [0.2, 0.25) is 5.91 Å². The number of amides is 1. The predicted octanol–water partition coefficient (Wildman–Crippen LogP) is 3.36. The smallest absolute Gasteiger partial charge is 0.357 e. The zero-order chi connectivity index (χ0) is 17.0. The van der Waals surface area contributed by atoms with Gasteiger partial charge in [0.1, 0.15) is 5.82 Å². The summed E-state index contributed by atoms with van der Waals surface area (Å²) in [5.74, 6) is 0.362. The van der Waals surface area contributed by atoms with E-state index in [0.29, 0.717) is 31.0 Å². The van der Waals surface area contributed by atoms with Crippen molar-refractivity contribution in [2.75, 3.05) is 31.6 Å². The second-order valence-corrected chi connectivity index (χ2v) is 6.16. The van der Waals surface area contributed by atoms with E-state index in [1.54, 1.807) is 12.3 Å². The summed E-state index contributed by atoms with van der Waals surface area (Å²) >= 11 is 5.80. The van der Waals surface area contributed by atoms with Crippen molar-refractivity contribution in [3.05, 3.63) is 23.4 Å². The van der Waals surface area contributed by atoms with Crippen LogP contribution in [0.25, 0.3) is 0 Å². The highest BCUT2D eigenvalue weighted by Crippen LogP contribution is 2.25. The first-order chi connectivity index (χ1) is 10.8. The fourth-order valence-electron chi connectivity index (χ4n) is 2.63. The Kier molecular flexibility index (Phi) is 5.73. The van der Waals surface area contributed by atoms with E-state index in [2.05, 4.69) is 9.88 Å². The average Bonchev–Trinajstić information content (AvgIpc) is 2.52. The molecule has 0 spiro atoms. The number of hydrogen-bond donors (Lipinski definition) is 0. The molecule has 0 saturated carbocycles. The van der Waals surface area contributed by atoms with Crippen molar-refractivity contribution in [1.29, 1.82) is 0 Å². The normalized spacial score (nSPS) is 16.5. The van der Waals surface area contributed by atoms with Crippen molar-refractivity contribution in [3.63, 3.8) is 0 Å². The van der Waals surface area contributed by atoms with Crippen LogP contribution in [-0.4, -0.2) is 48.6 Å². The van der Waals surface area contributed by atoms with Crippen LogP contribution >= 0.6 is 11.6 Å². The highest BCUT2D eigenvalue weighted by molar-refractivity contribution is 6.30. The van der Waals surface area contributed by atoms with Gasteiger partial charge in [0.05, 0.1) is 11.4 Å². The van der Waals surface area contributed by atoms with Gasteiger partial charge in [0.15, 0.2) is 0 Å². The summed E-state index contributed by atoms with van der Waals surface area (Å²) < 4.78 is 36.7. The van der Waals surface area contributed by atoms with Crippen molar-refractivity contribution in [1.82, 2.24) is 9.88 Å². The first kappa shape index (κ1) is 17.8. The molecular formula is C15H19ClF3N3O. The molecule has 1 saturated heterocycles. The predicted molar refractivity (Wildman–Crippen MR) is 82.5 cm³/mol. The molecular weight excluding hydrogens is 331 g/mol. The summed E-state index contributed by atoms with van der Waals surface area (Å²) in [6.45, 7) is 1.01. The Morgan fingerprint density at radius 1 is 1.39 bits per heavy atom. The van der Waals surface area contributed by atoms with Crippen LogP contribution in [0.15, 0.2) is 18.3 Å². The number of hydrogen-bond acceptors (Lipinski definition) is 3. The fourth-order valence-corrected chi connectivity index (χ4v) is 2.74. The number of nitrogens with zero attached hydrogens (tertiary/aromatic N) is 3. The fraction of sp³-hybridized carbons (Fsp3) is 0.600. The summed E-state index contributed by atoms with van der Waals surface area (Å²) in [7, 11) is 1.43. The molecule has 2 rings (SSSR count). The van der Waals surface area contributed by atoms with Crippen LogP contribution in [0.2, 0.25) is 5.02 Å². The van der Waals surface area contributed by atoms with Gasteiger partial charge in [-0.15, -0.1) is 0 Å². The third-order valence-corrected chi connectivity index (χ3v) is 4.21. The number of anilines is 1. The average molecular weight is 350 g/mol. The van der Waals surface area contributed by atoms with Crippen molar-refractivity contribution >= 4 is 23.3 Å². The second kappa shape index (κ2) is 7.38. The quantitative estimate of drug-likeness (QED) is 0.836. The Balaban J connectivity index is 1.83. The molecule has 1 aliphatic heterocycles. The second-order valence-electron chi connectivity index (χ2n) is 5.72. The van der Waals surface area contributed by atoms with E-state index in [9.17, 15) is 18.0 Å². The van der Waals surface area contributed by atoms with Gasteiger partial charge in [-0.2, -0.15) is 13.2 Å². The Labute approximate surface area is 138 Å². The van der Waals surface area contributed by atoms with Gasteiger partial charge < -0.3 is 9.80 Å². The summed E-state index contributed by atoms with van der Waals surface area (Å²) in [5, 5.41) is 0.560. The maximum atomic E-state index is 12.2. The van der Waals surface area contributed by atoms with Gasteiger partial charge in [-0.05, 0) is 25.0 Å². The van der Waals surface area contributed by atoms with Gasteiger partial charge in [0.25, 0.3) is 0 Å². The molecule has 0 atom stereocenters. The van der Waals surface area contributed by atoms with E-state index < -0.39 is 12.6 Å². The molecule has 1 amide bonds. The molecule has 128 valence electrons. The van der Waals surface area contributed by atoms with Crippen molar-refractivity contribution in [2.45, 2.75) is 25.4 Å². The highest BCUT2D eigenvalue weighted by Gasteiger charge is 2.31. The molecule has 4 nitrogen and oxygen atoms in total. The van der Waals surface area contributed by atoms with Crippen LogP contribution in [0.5, 0.6) is 0 Å². The molecule has 0 N–H and O–H groups in total. The lowest BCUT2D eigenvalue weighted by atomic mass is 9.95. The van der Waals surface area contributed by atoms with E-state index in [1.807, 2.05) is 6.07 Å². The minimum Gasteiger partial charge on any atom is -0.357 e. The first-order valence-electron chi connectivity index (χ1n) is 7.44. The van der Waals surface area contributed by atoms with Gasteiger partial charge in [-0.3, -0.25) is 4.79 Å². The van der Waals surface area contributed by atoms with Crippen LogP contribution in [0.4, 0.5) is 19.0 Å². The van der Waals surface area contributed by atoms with Gasteiger partial charge in [0, 0.05) is 38.8 Å². The van der Waals surface area contributed by atoms with Gasteiger partial charge in [-0.1, -0.05) is 11.6 Å². The Morgan fingerprint density at radius 3 is 2.57 bits per heavy atom. The Morgan fingerprint density at radius 2 is 2.04 bits per heavy atom. The van der Waals surface area contributed by atoms with E-state index in [0.717, 1.165) is 5.82 Å². The van der Waals surface area contributed by atoms with E-state index in [1.165, 1.54) is 11.9 Å². The van der Waals surface area contributed by atoms with Crippen LogP contribution in [0, 0.1) is 5.92 Å². The summed E-state index contributed by atoms with van der Waals surface area (Å²) in [6, 6.07) is 3.58. The molecule has 1 aromatic heterocycles. The van der Waals surface area contributed by atoms with E-state index >= 15 is 0 Å². The molecule has 23 heavy (non-hydrogen) atoms. The molecule has 0 unspecified atom stereocenters. The van der Waals surface area contributed by atoms with Crippen molar-refractivity contribution < 1.29 is 18.0 Å². The maximum absolute atomic E-state index is 12.2. The molecule has 0 bridgehead atoms. The largest absolute Gasteiger partial charge is 0.390 e. The first-order valence-corrected chi connectivity index (χ1v) is 7.82. The number of alkyl halides is 3. The zero-order valence-electron chi connectivity index (χ0n) is 12.8. The van der Waals surface area contributed by atoms with Gasteiger partial charge >= 0.3 is 6.18 Å². The number of carbonyl (C=O) groups is 1. The summed E-state index contributed by atoms with van der Waals surface area (Å²) in [4.78, 5) is 19.7. The molecule has 1 fully saturated rings. The molecule has 0 aromatic carbocycles. The summed E-state index contributed by atoms with van der Waals surface area (Å²) in [6.07, 6.45) is -2.42. The number of rotatable bonds is 4. The molecule has 1 aliphatic rings. The van der Waals surface area contributed by atoms with E-state index in [4.69, 9.17) is 11.6 Å². The lowest BCUT2D eigenvalue weighted by Gasteiger charge is -2.34. The number of pyridine rings is 1. The third-order valence-electron chi connectivity index (χ3n) is 3.99.